The molecule has 16 heteroatoms. The number of hydrogen-bond acceptors (Lipinski definition) is 15. The van der Waals surface area contributed by atoms with Gasteiger partial charge in [0.2, 0.25) is 12.2 Å². The third-order valence-electron chi connectivity index (χ3n) is 9.17. The maximum Gasteiger partial charge on any atom is 0.229 e. The number of aromatic hydroxyl groups is 1. The molecule has 2 aromatic rings. The Morgan fingerprint density at radius 1 is 0.904 bits per heavy atom. The van der Waals surface area contributed by atoms with Gasteiger partial charge in [-0.25, -0.2) is 0 Å². The van der Waals surface area contributed by atoms with Crippen molar-refractivity contribution in [3.8, 4) is 23.0 Å². The van der Waals surface area contributed by atoms with Gasteiger partial charge in [-0.3, -0.25) is 14.5 Å². The van der Waals surface area contributed by atoms with Crippen LogP contribution in [0.5, 0.6) is 23.0 Å². The number of carbonyl (C=O) groups is 2. The molecule has 1 amide bonds. The zero-order valence-corrected chi connectivity index (χ0v) is 30.2. The van der Waals surface area contributed by atoms with Crippen molar-refractivity contribution < 1.29 is 68.3 Å². The van der Waals surface area contributed by atoms with Gasteiger partial charge in [-0.1, -0.05) is 6.92 Å². The van der Waals surface area contributed by atoms with Gasteiger partial charge in [-0.15, -0.1) is 0 Å². The average molecular weight is 737 g/mol. The van der Waals surface area contributed by atoms with E-state index in [0.29, 0.717) is 37.7 Å². The highest BCUT2D eigenvalue weighted by Crippen LogP contribution is 2.39. The van der Waals surface area contributed by atoms with Crippen molar-refractivity contribution >= 4 is 11.7 Å². The monoisotopic (exact) mass is 736 g/mol. The Morgan fingerprint density at radius 2 is 1.60 bits per heavy atom. The number of benzene rings is 2. The van der Waals surface area contributed by atoms with E-state index in [-0.39, 0.29) is 79.0 Å². The number of hydrogen-bond donors (Lipinski definition) is 5. The summed E-state index contributed by atoms with van der Waals surface area (Å²) in [6.45, 7) is 5.96. The zero-order valence-electron chi connectivity index (χ0n) is 30.2. The number of morpholine rings is 1. The number of phenolic OH excluding ortho intramolecular Hbond substituents is 1. The van der Waals surface area contributed by atoms with Gasteiger partial charge >= 0.3 is 0 Å². The van der Waals surface area contributed by atoms with Crippen LogP contribution in [-0.2, 0) is 36.6 Å². The summed E-state index contributed by atoms with van der Waals surface area (Å²) in [5, 5.41) is 52.5. The summed E-state index contributed by atoms with van der Waals surface area (Å²) in [4.78, 5) is 32.3. The Hall–Kier alpha value is -3.58. The molecule has 0 bridgehead atoms. The third kappa shape index (κ3) is 10.1. The summed E-state index contributed by atoms with van der Waals surface area (Å²) in [5.74, 6) is -0.867. The number of aliphatic hydroxyl groups excluding tert-OH is 4. The third-order valence-corrected chi connectivity index (χ3v) is 9.17. The Labute approximate surface area is 303 Å². The van der Waals surface area contributed by atoms with E-state index in [9.17, 15) is 35.1 Å². The molecule has 0 aromatic heterocycles. The maximum atomic E-state index is 14.6. The highest BCUT2D eigenvalue weighted by molar-refractivity contribution is 6.13. The molecule has 2 saturated heterocycles. The molecule has 4 rings (SSSR count). The number of ether oxygens (including phenoxy) is 7. The number of phenols is 1. The first-order valence-electron chi connectivity index (χ1n) is 17.3. The van der Waals surface area contributed by atoms with Crippen LogP contribution in [0.4, 0.5) is 0 Å². The fraction of sp³-hybridized carbons (Fsp3) is 0.611. The van der Waals surface area contributed by atoms with E-state index in [2.05, 4.69) is 4.90 Å². The topological polar surface area (TPSA) is 206 Å². The molecule has 2 aromatic carbocycles. The van der Waals surface area contributed by atoms with Crippen LogP contribution in [0.25, 0.3) is 0 Å². The van der Waals surface area contributed by atoms with Crippen molar-refractivity contribution in [2.24, 2.45) is 0 Å². The maximum absolute atomic E-state index is 14.6. The van der Waals surface area contributed by atoms with E-state index in [4.69, 9.17) is 33.2 Å². The lowest BCUT2D eigenvalue weighted by Gasteiger charge is -2.39. The molecule has 16 nitrogen and oxygen atoms in total. The van der Waals surface area contributed by atoms with Gasteiger partial charge in [0.15, 0.2) is 17.3 Å². The SMILES string of the molecule is CCc1c(O)cc(O[C@@H]2O[C@H](CO)[C@H](O)[C@H](O)[C@H]2O)c(C(=O)c2ccc(OCCN3CCOCC3)c(OC)c2)c1CC(=O)N(CCOC)CCOC. The molecule has 52 heavy (non-hydrogen) atoms. The van der Waals surface area contributed by atoms with E-state index in [1.165, 1.54) is 38.4 Å². The first kappa shape index (κ1) is 41.2. The number of nitrogens with zero attached hydrogens (tertiary/aromatic N) is 2. The number of amides is 1. The van der Waals surface area contributed by atoms with Gasteiger partial charge in [0.1, 0.15) is 42.5 Å². The number of aliphatic hydroxyl groups is 4. The summed E-state index contributed by atoms with van der Waals surface area (Å²) in [7, 11) is 4.47. The van der Waals surface area contributed by atoms with E-state index in [0.717, 1.165) is 13.1 Å². The average Bonchev–Trinajstić information content (AvgIpc) is 3.15. The zero-order chi connectivity index (χ0) is 37.8. The van der Waals surface area contributed by atoms with Crippen molar-refractivity contribution in [2.75, 3.05) is 93.7 Å². The molecule has 0 saturated carbocycles. The highest BCUT2D eigenvalue weighted by atomic mass is 16.7. The van der Waals surface area contributed by atoms with Gasteiger partial charge in [0.05, 0.1) is 52.1 Å². The summed E-state index contributed by atoms with van der Waals surface area (Å²) in [6, 6.07) is 5.82. The summed E-state index contributed by atoms with van der Waals surface area (Å²) in [6.07, 6.45) is -8.34. The molecule has 2 fully saturated rings. The Morgan fingerprint density at radius 3 is 2.21 bits per heavy atom. The Bertz CT molecular complexity index is 1460. The van der Waals surface area contributed by atoms with Crippen LogP contribution in [0.1, 0.15) is 34.0 Å². The molecule has 2 aliphatic rings. The number of carbonyl (C=O) groups excluding carboxylic acids is 2. The predicted molar refractivity (Wildman–Crippen MR) is 185 cm³/mol. The largest absolute Gasteiger partial charge is 0.508 e. The Kier molecular flexibility index (Phi) is 15.9. The van der Waals surface area contributed by atoms with E-state index >= 15 is 0 Å². The number of methoxy groups -OCH3 is 3. The highest BCUT2D eigenvalue weighted by Gasteiger charge is 2.45. The van der Waals surface area contributed by atoms with E-state index in [1.807, 2.05) is 0 Å². The lowest BCUT2D eigenvalue weighted by molar-refractivity contribution is -0.277. The molecule has 0 spiro atoms. The number of rotatable bonds is 19. The second-order valence-corrected chi connectivity index (χ2v) is 12.4. The lowest BCUT2D eigenvalue weighted by atomic mass is 9.89. The van der Waals surface area contributed by atoms with Crippen LogP contribution < -0.4 is 14.2 Å². The van der Waals surface area contributed by atoms with Crippen molar-refractivity contribution in [3.05, 3.63) is 46.5 Å². The van der Waals surface area contributed by atoms with Crippen molar-refractivity contribution in [1.29, 1.82) is 0 Å². The predicted octanol–water partition coefficient (Wildman–Crippen LogP) is -0.252. The van der Waals surface area contributed by atoms with E-state index in [1.54, 1.807) is 19.1 Å². The fourth-order valence-corrected chi connectivity index (χ4v) is 6.17. The first-order valence-corrected chi connectivity index (χ1v) is 17.3. The molecular formula is C36H52N2O14. The molecule has 2 heterocycles. The normalized spacial score (nSPS) is 22.2. The molecule has 0 radical (unpaired) electrons. The minimum Gasteiger partial charge on any atom is -0.508 e. The quantitative estimate of drug-likeness (QED) is 0.118. The van der Waals surface area contributed by atoms with E-state index < -0.39 is 43.1 Å². The van der Waals surface area contributed by atoms with Gasteiger partial charge in [-0.05, 0) is 35.7 Å². The molecule has 0 unspecified atom stereocenters. The van der Waals surface area contributed by atoms with Crippen LogP contribution in [0, 0.1) is 0 Å². The van der Waals surface area contributed by atoms with Crippen LogP contribution in [0.3, 0.4) is 0 Å². The van der Waals surface area contributed by atoms with Gasteiger partial charge in [0.25, 0.3) is 0 Å². The minimum atomic E-state index is -1.81. The summed E-state index contributed by atoms with van der Waals surface area (Å²) >= 11 is 0. The van der Waals surface area contributed by atoms with Crippen LogP contribution >= 0.6 is 0 Å². The second-order valence-electron chi connectivity index (χ2n) is 12.4. The lowest BCUT2D eigenvalue weighted by Crippen LogP contribution is -2.60. The van der Waals surface area contributed by atoms with Gasteiger partial charge in [0, 0.05) is 58.6 Å². The van der Waals surface area contributed by atoms with Crippen molar-refractivity contribution in [1.82, 2.24) is 9.80 Å². The molecule has 2 aliphatic heterocycles. The van der Waals surface area contributed by atoms with Gasteiger partial charge < -0.3 is 63.6 Å². The van der Waals surface area contributed by atoms with Crippen LogP contribution in [0.2, 0.25) is 0 Å². The van der Waals surface area contributed by atoms with Crippen LogP contribution in [-0.4, -0.2) is 171 Å². The van der Waals surface area contributed by atoms with Crippen molar-refractivity contribution in [2.45, 2.75) is 50.5 Å². The standard InChI is InChI=1S/C36H52N2O14/c1-5-23-24(19-30(41)38(11-13-46-2)12-14-47-3)31(28(20-25(23)40)51-36-35(45)34(44)33(43)29(21-39)52-36)32(42)22-6-7-26(27(18-22)48-4)50-17-10-37-8-15-49-16-9-37/h6-7,18,20,29,33-36,39-40,43-45H,5,8-17,19,21H2,1-4H3/t29-,33+,34+,35-,36-/m1/s1. The smallest absolute Gasteiger partial charge is 0.229 e. The second kappa shape index (κ2) is 20.0. The molecule has 0 aliphatic carbocycles. The summed E-state index contributed by atoms with van der Waals surface area (Å²) in [5.41, 5.74) is 0.502. The minimum absolute atomic E-state index is 0.110. The van der Waals surface area contributed by atoms with Crippen LogP contribution in [0.15, 0.2) is 24.3 Å². The molecular weight excluding hydrogens is 684 g/mol. The number of ketones is 1. The first-order chi connectivity index (χ1) is 25.1. The molecule has 5 atom stereocenters. The fourth-order valence-electron chi connectivity index (χ4n) is 6.17. The van der Waals surface area contributed by atoms with Crippen molar-refractivity contribution in [3.63, 3.8) is 0 Å². The molecule has 290 valence electrons. The van der Waals surface area contributed by atoms with Gasteiger partial charge in [-0.2, -0.15) is 0 Å². The summed E-state index contributed by atoms with van der Waals surface area (Å²) < 4.78 is 39.0. The Balaban J connectivity index is 1.76. The molecule has 5 N–H and O–H groups in total.